The lowest BCUT2D eigenvalue weighted by atomic mass is 9.93. The molecule has 0 saturated carbocycles. The second-order valence-corrected chi connectivity index (χ2v) is 5.69. The summed E-state index contributed by atoms with van der Waals surface area (Å²) in [4.78, 5) is 46.0. The van der Waals surface area contributed by atoms with Gasteiger partial charge in [-0.1, -0.05) is 6.07 Å². The number of nitrogens with zero attached hydrogens (tertiary/aromatic N) is 3. The number of pyridine rings is 1. The largest absolute Gasteiger partial charge is 0.480 e. The van der Waals surface area contributed by atoms with Gasteiger partial charge in [-0.15, -0.1) is 0 Å². The predicted octanol–water partition coefficient (Wildman–Crippen LogP) is 2.32. The van der Waals surface area contributed by atoms with Crippen LogP contribution in [0.3, 0.4) is 0 Å². The van der Waals surface area contributed by atoms with Crippen LogP contribution in [0, 0.1) is 5.92 Å². The van der Waals surface area contributed by atoms with Gasteiger partial charge < -0.3 is 10.0 Å². The minimum atomic E-state index is -1.27. The second kappa shape index (κ2) is 6.43. The number of hydrogen-bond acceptors (Lipinski definition) is 5. The molecule has 25 heavy (non-hydrogen) atoms. The Labute approximate surface area is 144 Å². The zero-order valence-electron chi connectivity index (χ0n) is 13.9. The minimum Gasteiger partial charge on any atom is -0.480 e. The van der Waals surface area contributed by atoms with E-state index >= 15 is 0 Å². The minimum absolute atomic E-state index is 0.109. The lowest BCUT2D eigenvalue weighted by molar-refractivity contribution is -0.137. The van der Waals surface area contributed by atoms with Crippen molar-refractivity contribution in [1.29, 1.82) is 0 Å². The van der Waals surface area contributed by atoms with E-state index in [0.29, 0.717) is 35.2 Å². The third-order valence-electron chi connectivity index (χ3n) is 4.29. The van der Waals surface area contributed by atoms with Crippen LogP contribution in [-0.2, 0) is 4.79 Å². The number of Topliss-reactive ketones (excluding diaryl/α,β-unsaturated/α-hetero) is 1. The second-order valence-electron chi connectivity index (χ2n) is 5.69. The smallest absolute Gasteiger partial charge is 0.319 e. The first-order valence-electron chi connectivity index (χ1n) is 8.01. The topological polar surface area (TPSA) is 99.9 Å². The molecule has 1 amide bonds. The Hall–Kier alpha value is -3.09. The van der Waals surface area contributed by atoms with Gasteiger partial charge in [0.2, 0.25) is 0 Å². The van der Waals surface area contributed by atoms with Gasteiger partial charge in [-0.2, -0.15) is 0 Å². The van der Waals surface area contributed by atoms with Crippen LogP contribution in [0.1, 0.15) is 34.6 Å². The number of aliphatic carboxylic acids is 1. The Kier molecular flexibility index (Phi) is 4.31. The molecule has 2 aromatic rings. The Morgan fingerprint density at radius 3 is 2.60 bits per heavy atom. The molecule has 1 atom stereocenters. The third-order valence-corrected chi connectivity index (χ3v) is 4.29. The first-order valence-corrected chi connectivity index (χ1v) is 8.01. The van der Waals surface area contributed by atoms with E-state index in [1.54, 1.807) is 23.1 Å². The van der Waals surface area contributed by atoms with Crippen LogP contribution in [0.25, 0.3) is 10.9 Å². The normalized spacial score (nSPS) is 15.9. The number of fused-ring (bicyclic) bond motifs is 3. The standard InChI is InChI=1S/C18H17N3O4/c1-3-21(4-2)17(23)11-7-10-5-6-12-15(14(10)19-8-11)20-9-13(16(12)22)18(24)25/h5-9,13H,3-4H2,1-2H3,(H,24,25). The fraction of sp³-hybridized carbons (Fsp3) is 0.278. The van der Waals surface area contributed by atoms with E-state index in [4.69, 9.17) is 5.11 Å². The van der Waals surface area contributed by atoms with Gasteiger partial charge in [0.1, 0.15) is 0 Å². The molecule has 7 nitrogen and oxygen atoms in total. The molecule has 1 aliphatic rings. The molecule has 7 heteroatoms. The van der Waals surface area contributed by atoms with E-state index in [1.807, 2.05) is 13.8 Å². The van der Waals surface area contributed by atoms with E-state index < -0.39 is 17.7 Å². The maximum atomic E-state index is 12.4. The van der Waals surface area contributed by atoms with E-state index in [0.717, 1.165) is 6.21 Å². The maximum Gasteiger partial charge on any atom is 0.319 e. The summed E-state index contributed by atoms with van der Waals surface area (Å²) in [5.74, 6) is -3.12. The van der Waals surface area contributed by atoms with E-state index in [9.17, 15) is 14.4 Å². The summed E-state index contributed by atoms with van der Waals surface area (Å²) >= 11 is 0. The zero-order chi connectivity index (χ0) is 18.1. The highest BCUT2D eigenvalue weighted by Crippen LogP contribution is 2.33. The Morgan fingerprint density at radius 1 is 1.24 bits per heavy atom. The Bertz CT molecular complexity index is 916. The summed E-state index contributed by atoms with van der Waals surface area (Å²) in [7, 11) is 0. The fourth-order valence-corrected chi connectivity index (χ4v) is 2.89. The first kappa shape index (κ1) is 16.8. The summed E-state index contributed by atoms with van der Waals surface area (Å²) in [6, 6.07) is 4.92. The quantitative estimate of drug-likeness (QED) is 0.862. The summed E-state index contributed by atoms with van der Waals surface area (Å²) in [6.07, 6.45) is 2.59. The summed E-state index contributed by atoms with van der Waals surface area (Å²) < 4.78 is 0. The lowest BCUT2D eigenvalue weighted by Gasteiger charge is -2.19. The van der Waals surface area contributed by atoms with Gasteiger partial charge in [0.05, 0.1) is 16.8 Å². The molecule has 1 aromatic carbocycles. The Balaban J connectivity index is 2.07. The predicted molar refractivity (Wildman–Crippen MR) is 92.6 cm³/mol. The molecule has 128 valence electrons. The summed E-state index contributed by atoms with van der Waals surface area (Å²) in [5, 5.41) is 9.75. The monoisotopic (exact) mass is 339 g/mol. The molecular weight excluding hydrogens is 322 g/mol. The van der Waals surface area contributed by atoms with Gasteiger partial charge in [0.25, 0.3) is 5.91 Å². The van der Waals surface area contributed by atoms with Crippen molar-refractivity contribution in [2.45, 2.75) is 13.8 Å². The van der Waals surface area contributed by atoms with Crippen molar-refractivity contribution < 1.29 is 19.5 Å². The average molecular weight is 339 g/mol. The van der Waals surface area contributed by atoms with Crippen molar-refractivity contribution in [3.8, 4) is 0 Å². The van der Waals surface area contributed by atoms with Gasteiger partial charge in [-0.05, 0) is 26.0 Å². The van der Waals surface area contributed by atoms with Crippen LogP contribution in [0.2, 0.25) is 0 Å². The molecule has 0 bridgehead atoms. The molecule has 0 fully saturated rings. The van der Waals surface area contributed by atoms with Crippen molar-refractivity contribution in [3.63, 3.8) is 0 Å². The van der Waals surface area contributed by atoms with E-state index in [-0.39, 0.29) is 11.5 Å². The van der Waals surface area contributed by atoms with E-state index in [1.165, 1.54) is 6.20 Å². The average Bonchev–Trinajstić information content (AvgIpc) is 2.61. The molecule has 0 aliphatic carbocycles. The highest BCUT2D eigenvalue weighted by atomic mass is 16.4. The van der Waals surface area contributed by atoms with Crippen LogP contribution in [-0.4, -0.2) is 52.0 Å². The summed E-state index contributed by atoms with van der Waals surface area (Å²) in [6.45, 7) is 5.02. The van der Waals surface area contributed by atoms with Gasteiger partial charge in [-0.3, -0.25) is 24.4 Å². The fourth-order valence-electron chi connectivity index (χ4n) is 2.89. The van der Waals surface area contributed by atoms with Crippen molar-refractivity contribution in [3.05, 3.63) is 35.5 Å². The van der Waals surface area contributed by atoms with Crippen LogP contribution < -0.4 is 0 Å². The summed E-state index contributed by atoms with van der Waals surface area (Å²) in [5.41, 5.74) is 1.52. The first-order chi connectivity index (χ1) is 12.0. The molecule has 3 rings (SSSR count). The molecule has 2 heterocycles. The molecule has 0 spiro atoms. The van der Waals surface area contributed by atoms with Crippen molar-refractivity contribution in [2.24, 2.45) is 10.9 Å². The highest BCUT2D eigenvalue weighted by Gasteiger charge is 2.31. The maximum absolute atomic E-state index is 12.4. The van der Waals surface area contributed by atoms with Gasteiger partial charge in [0.15, 0.2) is 11.7 Å². The van der Waals surface area contributed by atoms with E-state index in [2.05, 4.69) is 9.98 Å². The molecule has 1 aromatic heterocycles. The number of carboxylic acid groups (broad SMARTS) is 1. The molecule has 1 N–H and O–H groups in total. The van der Waals surface area contributed by atoms with Crippen LogP contribution in [0.5, 0.6) is 0 Å². The SMILES string of the molecule is CCN(CC)C(=O)c1cnc2c3c(ccc2c1)C(=O)C(C(=O)O)C=N3. The van der Waals surface area contributed by atoms with Crippen molar-refractivity contribution in [1.82, 2.24) is 9.88 Å². The zero-order valence-corrected chi connectivity index (χ0v) is 13.9. The molecule has 0 radical (unpaired) electrons. The molecule has 0 saturated heterocycles. The third kappa shape index (κ3) is 2.77. The number of benzene rings is 1. The number of carbonyl (C=O) groups is 3. The number of carboxylic acids is 1. The number of ketones is 1. The number of hydrogen-bond donors (Lipinski definition) is 1. The highest BCUT2D eigenvalue weighted by molar-refractivity contribution is 6.24. The molecule has 1 unspecified atom stereocenters. The number of carbonyl (C=O) groups excluding carboxylic acids is 2. The van der Waals surface area contributed by atoms with Crippen LogP contribution in [0.4, 0.5) is 5.69 Å². The van der Waals surface area contributed by atoms with Crippen LogP contribution in [0.15, 0.2) is 29.4 Å². The number of amides is 1. The van der Waals surface area contributed by atoms with Gasteiger partial charge >= 0.3 is 5.97 Å². The number of aliphatic imine (C=N–C) groups is 1. The van der Waals surface area contributed by atoms with Crippen molar-refractivity contribution >= 4 is 40.5 Å². The van der Waals surface area contributed by atoms with Crippen LogP contribution >= 0.6 is 0 Å². The van der Waals surface area contributed by atoms with Crippen molar-refractivity contribution in [2.75, 3.05) is 13.1 Å². The van der Waals surface area contributed by atoms with Gasteiger partial charge in [0, 0.05) is 36.5 Å². The molecule has 1 aliphatic heterocycles. The Morgan fingerprint density at radius 2 is 1.96 bits per heavy atom. The number of rotatable bonds is 4. The lowest BCUT2D eigenvalue weighted by Crippen LogP contribution is -2.30. The number of aromatic nitrogens is 1. The molecular formula is C18H17N3O4. The van der Waals surface area contributed by atoms with Gasteiger partial charge in [-0.25, -0.2) is 0 Å².